The molecule has 21 heavy (non-hydrogen) atoms. The van der Waals surface area contributed by atoms with E-state index in [1.54, 1.807) is 0 Å². The van der Waals surface area contributed by atoms with Crippen molar-refractivity contribution in [1.29, 1.82) is 5.26 Å². The van der Waals surface area contributed by atoms with Crippen LogP contribution < -0.4 is 10.0 Å². The number of unbranched alkanes of at least 4 members (excludes halogenated alkanes) is 1. The molecule has 0 aromatic carbocycles. The number of esters is 1. The Bertz CT molecular complexity index is 443. The highest BCUT2D eigenvalue weighted by molar-refractivity contribution is 7.89. The monoisotopic (exact) mass is 319 g/mol. The maximum atomic E-state index is 11.6. The number of nitriles is 1. The van der Waals surface area contributed by atoms with Gasteiger partial charge in [-0.2, -0.15) is 5.26 Å². The quantitative estimate of drug-likeness (QED) is 0.421. The van der Waals surface area contributed by atoms with Crippen LogP contribution in [0.15, 0.2) is 0 Å². The van der Waals surface area contributed by atoms with E-state index < -0.39 is 10.0 Å². The fourth-order valence-corrected chi connectivity index (χ4v) is 2.83. The second kappa shape index (κ2) is 10.5. The van der Waals surface area contributed by atoms with Crippen molar-refractivity contribution in [2.24, 2.45) is 5.92 Å². The zero-order chi connectivity index (χ0) is 16.3. The highest BCUT2D eigenvalue weighted by atomic mass is 32.2. The number of carbonyl (C=O) groups is 1. The van der Waals surface area contributed by atoms with E-state index >= 15 is 0 Å². The summed E-state index contributed by atoms with van der Waals surface area (Å²) in [6.07, 6.45) is 1.14. The van der Waals surface area contributed by atoms with Gasteiger partial charge in [-0.1, -0.05) is 13.8 Å². The fourth-order valence-electron chi connectivity index (χ4n) is 1.71. The molecule has 1 atom stereocenters. The van der Waals surface area contributed by atoms with Crippen molar-refractivity contribution in [3.05, 3.63) is 0 Å². The predicted molar refractivity (Wildman–Crippen MR) is 79.9 cm³/mol. The summed E-state index contributed by atoms with van der Waals surface area (Å²) in [5.41, 5.74) is 0. The zero-order valence-electron chi connectivity index (χ0n) is 12.9. The molecule has 7 nitrogen and oxygen atoms in total. The van der Waals surface area contributed by atoms with Gasteiger partial charge in [0.05, 0.1) is 18.9 Å². The Balaban J connectivity index is 3.94. The van der Waals surface area contributed by atoms with Gasteiger partial charge >= 0.3 is 5.97 Å². The van der Waals surface area contributed by atoms with Gasteiger partial charge in [-0.3, -0.25) is 4.79 Å². The summed E-state index contributed by atoms with van der Waals surface area (Å²) < 4.78 is 30.3. The summed E-state index contributed by atoms with van der Waals surface area (Å²) in [6, 6.07) is 1.52. The minimum atomic E-state index is -3.31. The molecule has 0 aliphatic heterocycles. The fraction of sp³-hybridized carbons (Fsp3) is 0.846. The Morgan fingerprint density at radius 1 is 1.29 bits per heavy atom. The molecule has 0 spiro atoms. The van der Waals surface area contributed by atoms with Crippen molar-refractivity contribution >= 4 is 16.0 Å². The molecule has 8 heteroatoms. The van der Waals surface area contributed by atoms with Gasteiger partial charge in [-0.15, -0.1) is 0 Å². The number of hydrogen-bond acceptors (Lipinski definition) is 6. The molecule has 0 amide bonds. The molecule has 0 bridgehead atoms. The molecular formula is C13H25N3O4S. The lowest BCUT2D eigenvalue weighted by Gasteiger charge is -2.19. The van der Waals surface area contributed by atoms with E-state index in [1.807, 2.05) is 19.9 Å². The topological polar surface area (TPSA) is 108 Å². The van der Waals surface area contributed by atoms with Crippen molar-refractivity contribution in [3.8, 4) is 6.07 Å². The van der Waals surface area contributed by atoms with Gasteiger partial charge in [0.25, 0.3) is 0 Å². The number of rotatable bonds is 11. The SMILES string of the molecule is COC(=O)[C@@H](NCCCNS(=O)(=O)CCCC#N)C(C)C. The molecule has 0 aliphatic rings. The minimum Gasteiger partial charge on any atom is -0.468 e. The number of carbonyl (C=O) groups excluding carboxylic acids is 1. The Labute approximate surface area is 127 Å². The maximum absolute atomic E-state index is 11.6. The zero-order valence-corrected chi connectivity index (χ0v) is 13.7. The van der Waals surface area contributed by atoms with Gasteiger partial charge < -0.3 is 10.1 Å². The summed E-state index contributed by atoms with van der Waals surface area (Å²) >= 11 is 0. The second-order valence-electron chi connectivity index (χ2n) is 5.03. The van der Waals surface area contributed by atoms with Gasteiger partial charge in [-0.05, 0) is 25.3 Å². The van der Waals surface area contributed by atoms with E-state index in [0.29, 0.717) is 25.9 Å². The van der Waals surface area contributed by atoms with Gasteiger partial charge in [0, 0.05) is 13.0 Å². The predicted octanol–water partition coefficient (Wildman–Crippen LogP) is 0.387. The molecule has 0 radical (unpaired) electrons. The average molecular weight is 319 g/mol. The average Bonchev–Trinajstić information content (AvgIpc) is 2.41. The molecule has 0 rings (SSSR count). The van der Waals surface area contributed by atoms with Crippen LogP contribution in [-0.4, -0.2) is 46.4 Å². The van der Waals surface area contributed by atoms with Gasteiger partial charge in [0.2, 0.25) is 10.0 Å². The summed E-state index contributed by atoms with van der Waals surface area (Å²) in [5, 5.41) is 11.4. The number of nitrogens with zero attached hydrogens (tertiary/aromatic N) is 1. The Kier molecular flexibility index (Phi) is 9.95. The van der Waals surface area contributed by atoms with E-state index in [4.69, 9.17) is 10.00 Å². The molecule has 0 fully saturated rings. The summed E-state index contributed by atoms with van der Waals surface area (Å²) in [5.74, 6) is -0.257. The van der Waals surface area contributed by atoms with Gasteiger partial charge in [0.15, 0.2) is 0 Å². The van der Waals surface area contributed by atoms with E-state index in [1.165, 1.54) is 7.11 Å². The molecule has 0 aromatic heterocycles. The van der Waals surface area contributed by atoms with Gasteiger partial charge in [-0.25, -0.2) is 13.1 Å². The van der Waals surface area contributed by atoms with Crippen LogP contribution in [0.5, 0.6) is 0 Å². The standard InChI is InChI=1S/C13H25N3O4S/c1-11(2)12(13(17)20-3)15-8-6-9-16-21(18,19)10-5-4-7-14/h11-12,15-16H,4-6,8-10H2,1-3H3/t12-/m0/s1. The molecule has 0 aromatic rings. The van der Waals surface area contributed by atoms with Crippen LogP contribution in [0, 0.1) is 17.2 Å². The first-order valence-electron chi connectivity index (χ1n) is 6.99. The van der Waals surface area contributed by atoms with Crippen LogP contribution in [-0.2, 0) is 19.6 Å². The number of sulfonamides is 1. The van der Waals surface area contributed by atoms with E-state index in [2.05, 4.69) is 10.0 Å². The molecule has 2 N–H and O–H groups in total. The van der Waals surface area contributed by atoms with E-state index in [0.717, 1.165) is 0 Å². The largest absolute Gasteiger partial charge is 0.468 e. The maximum Gasteiger partial charge on any atom is 0.323 e. The lowest BCUT2D eigenvalue weighted by atomic mass is 10.0. The molecule has 0 aliphatic carbocycles. The molecule has 0 heterocycles. The third kappa shape index (κ3) is 9.39. The molecule has 0 saturated heterocycles. The third-order valence-electron chi connectivity index (χ3n) is 2.86. The number of hydrogen-bond donors (Lipinski definition) is 2. The molecule has 0 unspecified atom stereocenters. The normalized spacial score (nSPS) is 12.9. The summed E-state index contributed by atoms with van der Waals surface area (Å²) in [7, 11) is -1.97. The van der Waals surface area contributed by atoms with Crippen LogP contribution in [0.1, 0.15) is 33.1 Å². The summed E-state index contributed by atoms with van der Waals surface area (Å²) in [4.78, 5) is 11.5. The van der Waals surface area contributed by atoms with Crippen LogP contribution in [0.2, 0.25) is 0 Å². The van der Waals surface area contributed by atoms with E-state index in [-0.39, 0.29) is 30.1 Å². The first kappa shape index (κ1) is 19.8. The van der Waals surface area contributed by atoms with Crippen molar-refractivity contribution in [2.45, 2.75) is 39.2 Å². The Morgan fingerprint density at radius 3 is 2.48 bits per heavy atom. The second-order valence-corrected chi connectivity index (χ2v) is 6.95. The molecule has 0 saturated carbocycles. The van der Waals surface area contributed by atoms with E-state index in [9.17, 15) is 13.2 Å². The lowest BCUT2D eigenvalue weighted by molar-refractivity contribution is -0.144. The number of ether oxygens (including phenoxy) is 1. The lowest BCUT2D eigenvalue weighted by Crippen LogP contribution is -2.42. The van der Waals surface area contributed by atoms with Crippen molar-refractivity contribution in [1.82, 2.24) is 10.0 Å². The molecule has 122 valence electrons. The smallest absolute Gasteiger partial charge is 0.323 e. The van der Waals surface area contributed by atoms with Crippen LogP contribution in [0.4, 0.5) is 0 Å². The highest BCUT2D eigenvalue weighted by Crippen LogP contribution is 2.03. The van der Waals surface area contributed by atoms with Crippen molar-refractivity contribution in [2.75, 3.05) is 26.0 Å². The van der Waals surface area contributed by atoms with Crippen LogP contribution >= 0.6 is 0 Å². The third-order valence-corrected chi connectivity index (χ3v) is 4.33. The summed E-state index contributed by atoms with van der Waals surface area (Å²) in [6.45, 7) is 4.63. The first-order chi connectivity index (χ1) is 9.84. The number of nitrogens with one attached hydrogen (secondary N) is 2. The Hall–Kier alpha value is -1.17. The minimum absolute atomic E-state index is 0.0369. The van der Waals surface area contributed by atoms with Gasteiger partial charge in [0.1, 0.15) is 6.04 Å². The van der Waals surface area contributed by atoms with Crippen molar-refractivity contribution < 1.29 is 17.9 Å². The number of methoxy groups -OCH3 is 1. The highest BCUT2D eigenvalue weighted by Gasteiger charge is 2.21. The van der Waals surface area contributed by atoms with Crippen molar-refractivity contribution in [3.63, 3.8) is 0 Å². The van der Waals surface area contributed by atoms with Crippen LogP contribution in [0.3, 0.4) is 0 Å². The first-order valence-corrected chi connectivity index (χ1v) is 8.64. The molecular weight excluding hydrogens is 294 g/mol. The Morgan fingerprint density at radius 2 is 1.95 bits per heavy atom. The van der Waals surface area contributed by atoms with Crippen LogP contribution in [0.25, 0.3) is 0 Å².